The Hall–Kier alpha value is -2.78. The summed E-state index contributed by atoms with van der Waals surface area (Å²) in [5.41, 5.74) is -1.23. The first-order valence-corrected chi connectivity index (χ1v) is 10.1. The van der Waals surface area contributed by atoms with E-state index in [-0.39, 0.29) is 24.7 Å². The second-order valence-electron chi connectivity index (χ2n) is 7.26. The predicted octanol–water partition coefficient (Wildman–Crippen LogP) is 4.60. The van der Waals surface area contributed by atoms with Crippen LogP contribution in [0.4, 0.5) is 18.9 Å². The average molecular weight is 472 g/mol. The van der Waals surface area contributed by atoms with E-state index in [4.69, 9.17) is 25.8 Å². The Morgan fingerprint density at radius 2 is 1.78 bits per heavy atom. The molecule has 2 aromatic carbocycles. The first-order valence-electron chi connectivity index (χ1n) is 9.72. The summed E-state index contributed by atoms with van der Waals surface area (Å²) in [5.74, 6) is -1.33. The van der Waals surface area contributed by atoms with E-state index in [9.17, 15) is 22.8 Å². The Balaban J connectivity index is 1.65. The summed E-state index contributed by atoms with van der Waals surface area (Å²) in [4.78, 5) is 24.9. The van der Waals surface area contributed by atoms with Crippen LogP contribution in [0.2, 0.25) is 5.02 Å². The maximum Gasteiger partial charge on any atom is 0.416 e. The molecule has 1 saturated carbocycles. The van der Waals surface area contributed by atoms with Crippen LogP contribution in [-0.4, -0.2) is 38.8 Å². The fourth-order valence-electron chi connectivity index (χ4n) is 3.12. The van der Waals surface area contributed by atoms with E-state index in [1.54, 1.807) is 24.3 Å². The maximum absolute atomic E-state index is 13.1. The number of ether oxygens (including phenoxy) is 3. The number of amides is 1. The van der Waals surface area contributed by atoms with Gasteiger partial charge in [0.1, 0.15) is 12.4 Å². The van der Waals surface area contributed by atoms with Crippen molar-refractivity contribution in [1.82, 2.24) is 0 Å². The zero-order chi connectivity index (χ0) is 23.4. The summed E-state index contributed by atoms with van der Waals surface area (Å²) in [6.45, 7) is -0.371. The number of anilines is 1. The lowest BCUT2D eigenvalue weighted by atomic mass is 9.96. The van der Waals surface area contributed by atoms with Gasteiger partial charge in [0.15, 0.2) is 6.61 Å². The van der Waals surface area contributed by atoms with Gasteiger partial charge < -0.3 is 19.5 Å². The minimum Gasteiger partial charge on any atom is -0.489 e. The van der Waals surface area contributed by atoms with Gasteiger partial charge in [-0.15, -0.1) is 0 Å². The molecule has 0 bridgehead atoms. The largest absolute Gasteiger partial charge is 0.489 e. The number of esters is 1. The summed E-state index contributed by atoms with van der Waals surface area (Å²) in [5, 5.41) is 2.85. The molecule has 1 amide bonds. The highest BCUT2D eigenvalue weighted by Crippen LogP contribution is 2.49. The van der Waals surface area contributed by atoms with E-state index in [0.29, 0.717) is 17.9 Å². The number of rotatable bonds is 9. The third-order valence-electron chi connectivity index (χ3n) is 5.00. The van der Waals surface area contributed by atoms with Crippen molar-refractivity contribution >= 4 is 29.2 Å². The molecular weight excluding hydrogens is 451 g/mol. The van der Waals surface area contributed by atoms with E-state index in [1.807, 2.05) is 0 Å². The highest BCUT2D eigenvalue weighted by Gasteiger charge is 2.52. The van der Waals surface area contributed by atoms with Gasteiger partial charge in [0, 0.05) is 12.1 Å². The van der Waals surface area contributed by atoms with Gasteiger partial charge in [-0.1, -0.05) is 23.7 Å². The molecule has 3 rings (SSSR count). The molecule has 0 unspecified atom stereocenters. The second-order valence-corrected chi connectivity index (χ2v) is 7.70. The van der Waals surface area contributed by atoms with Crippen LogP contribution in [-0.2, 0) is 30.7 Å². The van der Waals surface area contributed by atoms with Crippen LogP contribution in [0.25, 0.3) is 0 Å². The van der Waals surface area contributed by atoms with Crippen LogP contribution in [0.5, 0.6) is 5.75 Å². The van der Waals surface area contributed by atoms with Crippen molar-refractivity contribution in [2.45, 2.75) is 24.4 Å². The van der Waals surface area contributed by atoms with Crippen molar-refractivity contribution in [3.63, 3.8) is 0 Å². The molecule has 1 fully saturated rings. The molecule has 0 heterocycles. The van der Waals surface area contributed by atoms with Crippen molar-refractivity contribution in [1.29, 1.82) is 0 Å². The molecule has 0 spiro atoms. The van der Waals surface area contributed by atoms with Crippen molar-refractivity contribution in [3.8, 4) is 5.75 Å². The quantitative estimate of drug-likeness (QED) is 0.427. The molecule has 0 atom stereocenters. The number of hydrogen-bond donors (Lipinski definition) is 1. The number of methoxy groups -OCH3 is 1. The van der Waals surface area contributed by atoms with Gasteiger partial charge in [-0.05, 0) is 48.7 Å². The van der Waals surface area contributed by atoms with E-state index < -0.39 is 35.6 Å². The van der Waals surface area contributed by atoms with Gasteiger partial charge in [0.25, 0.3) is 5.91 Å². The summed E-state index contributed by atoms with van der Waals surface area (Å²) in [6.07, 6.45) is -3.46. The third-order valence-corrected chi connectivity index (χ3v) is 5.25. The van der Waals surface area contributed by atoms with Crippen LogP contribution in [0.15, 0.2) is 42.5 Å². The lowest BCUT2D eigenvalue weighted by Crippen LogP contribution is -2.28. The summed E-state index contributed by atoms with van der Waals surface area (Å²) < 4.78 is 54.6. The fraction of sp³-hybridized carbons (Fsp3) is 0.364. The molecule has 2 aromatic rings. The number of hydrogen-bond acceptors (Lipinski definition) is 5. The smallest absolute Gasteiger partial charge is 0.416 e. The van der Waals surface area contributed by atoms with E-state index in [1.165, 1.54) is 7.11 Å². The van der Waals surface area contributed by atoms with Gasteiger partial charge in [-0.2, -0.15) is 13.2 Å². The monoisotopic (exact) mass is 471 g/mol. The molecular formula is C22H21ClF3NO5. The summed E-state index contributed by atoms with van der Waals surface area (Å²) in [7, 11) is 1.45. The lowest BCUT2D eigenvalue weighted by molar-refractivity contribution is -0.150. The normalized spacial score (nSPS) is 14.5. The highest BCUT2D eigenvalue weighted by molar-refractivity contribution is 6.30. The number of halogens is 4. The Bertz CT molecular complexity index is 975. The molecule has 1 aliphatic carbocycles. The number of carbonyl (C=O) groups excluding carboxylic acids is 2. The molecule has 10 heteroatoms. The van der Waals surface area contributed by atoms with Gasteiger partial charge in [-0.25, -0.2) is 0 Å². The van der Waals surface area contributed by atoms with Crippen LogP contribution in [0, 0.1) is 0 Å². The van der Waals surface area contributed by atoms with Crippen LogP contribution < -0.4 is 10.1 Å². The molecule has 1 N–H and O–H groups in total. The molecule has 6 nitrogen and oxygen atoms in total. The van der Waals surface area contributed by atoms with Gasteiger partial charge in [0.05, 0.1) is 23.3 Å². The highest BCUT2D eigenvalue weighted by atomic mass is 35.5. The summed E-state index contributed by atoms with van der Waals surface area (Å²) >= 11 is 5.88. The SMILES string of the molecule is COCCOc1ccc(C(F)(F)F)cc1NC(=O)COC(=O)C1(c2ccc(Cl)cc2)CC1. The zero-order valence-electron chi connectivity index (χ0n) is 17.1. The second kappa shape index (κ2) is 9.79. The Morgan fingerprint density at radius 1 is 1.09 bits per heavy atom. The third kappa shape index (κ3) is 5.72. The molecule has 0 radical (unpaired) electrons. The van der Waals surface area contributed by atoms with E-state index in [2.05, 4.69) is 5.32 Å². The molecule has 0 aromatic heterocycles. The van der Waals surface area contributed by atoms with Crippen LogP contribution in [0.3, 0.4) is 0 Å². The predicted molar refractivity (Wildman–Crippen MR) is 111 cm³/mol. The standard InChI is InChI=1S/C22H21ClF3NO5/c1-30-10-11-31-18-7-4-15(22(24,25)26)12-17(18)27-19(28)13-32-20(29)21(8-9-21)14-2-5-16(23)6-3-14/h2-7,12H,8-11,13H2,1H3,(H,27,28). The van der Waals surface area contributed by atoms with Crippen molar-refractivity contribution in [3.05, 3.63) is 58.6 Å². The van der Waals surface area contributed by atoms with Gasteiger partial charge in [0.2, 0.25) is 0 Å². The lowest BCUT2D eigenvalue weighted by Gasteiger charge is -2.17. The Morgan fingerprint density at radius 3 is 2.38 bits per heavy atom. The Labute approximate surface area is 187 Å². The minimum atomic E-state index is -4.60. The van der Waals surface area contributed by atoms with Crippen molar-refractivity contribution < 1.29 is 37.0 Å². The van der Waals surface area contributed by atoms with Gasteiger partial charge in [-0.3, -0.25) is 9.59 Å². The first-order chi connectivity index (χ1) is 15.2. The first kappa shape index (κ1) is 23.9. The number of alkyl halides is 3. The van der Waals surface area contributed by atoms with Crippen molar-refractivity contribution in [2.75, 3.05) is 32.2 Å². The van der Waals surface area contributed by atoms with E-state index >= 15 is 0 Å². The minimum absolute atomic E-state index is 0.0366. The molecule has 32 heavy (non-hydrogen) atoms. The maximum atomic E-state index is 13.1. The average Bonchev–Trinajstić information content (AvgIpc) is 3.55. The zero-order valence-corrected chi connectivity index (χ0v) is 17.9. The van der Waals surface area contributed by atoms with E-state index in [0.717, 1.165) is 23.8 Å². The number of nitrogens with one attached hydrogen (secondary N) is 1. The van der Waals surface area contributed by atoms with Crippen LogP contribution >= 0.6 is 11.6 Å². The topological polar surface area (TPSA) is 73.9 Å². The van der Waals surface area contributed by atoms with Gasteiger partial charge >= 0.3 is 12.1 Å². The molecule has 0 aliphatic heterocycles. The molecule has 0 saturated heterocycles. The Kier molecular flexibility index (Phi) is 7.30. The summed E-state index contributed by atoms with van der Waals surface area (Å²) in [6, 6.07) is 9.50. The molecule has 172 valence electrons. The number of carbonyl (C=O) groups is 2. The number of benzene rings is 2. The fourth-order valence-corrected chi connectivity index (χ4v) is 3.25. The van der Waals surface area contributed by atoms with Crippen molar-refractivity contribution in [2.24, 2.45) is 0 Å². The molecule has 1 aliphatic rings. The van der Waals surface area contributed by atoms with Crippen LogP contribution in [0.1, 0.15) is 24.0 Å².